The third-order valence-electron chi connectivity index (χ3n) is 5.85. The summed E-state index contributed by atoms with van der Waals surface area (Å²) in [4.78, 5) is 29.8. The lowest BCUT2D eigenvalue weighted by molar-refractivity contribution is -0.151. The monoisotopic (exact) mass is 437 g/mol. The maximum atomic E-state index is 13.2. The number of rotatable bonds is 4. The van der Waals surface area contributed by atoms with Gasteiger partial charge in [0.2, 0.25) is 5.91 Å². The van der Waals surface area contributed by atoms with E-state index in [0.29, 0.717) is 15.7 Å². The molecule has 3 aliphatic rings. The maximum Gasteiger partial charge on any atom is 0.268 e. The van der Waals surface area contributed by atoms with Gasteiger partial charge in [-0.1, -0.05) is 49.9 Å². The van der Waals surface area contributed by atoms with Gasteiger partial charge in [-0.25, -0.2) is 0 Å². The molecule has 2 aliphatic heterocycles. The number of halogens is 2. The molecular formula is C20H25Cl2N5O2. The van der Waals surface area contributed by atoms with Crippen LogP contribution in [0.25, 0.3) is 0 Å². The van der Waals surface area contributed by atoms with Gasteiger partial charge in [0.05, 0.1) is 22.1 Å². The molecule has 9 heteroatoms. The summed E-state index contributed by atoms with van der Waals surface area (Å²) in [5.41, 5.74) is 3.55. The zero-order chi connectivity index (χ0) is 20.7. The summed E-state index contributed by atoms with van der Waals surface area (Å²) in [5, 5.41) is 8.05. The number of hydrazone groups is 1. The molecule has 3 atom stereocenters. The minimum Gasteiger partial charge on any atom is -0.325 e. The smallest absolute Gasteiger partial charge is 0.268 e. The van der Waals surface area contributed by atoms with Gasteiger partial charge in [0.1, 0.15) is 12.4 Å². The van der Waals surface area contributed by atoms with E-state index in [9.17, 15) is 9.59 Å². The molecule has 0 bridgehead atoms. The molecule has 3 unspecified atom stereocenters. The van der Waals surface area contributed by atoms with Crippen LogP contribution in [-0.2, 0) is 9.59 Å². The summed E-state index contributed by atoms with van der Waals surface area (Å²) < 4.78 is 0. The van der Waals surface area contributed by atoms with Crippen LogP contribution in [0.15, 0.2) is 23.3 Å². The van der Waals surface area contributed by atoms with Crippen LogP contribution in [0.4, 0.5) is 5.69 Å². The Morgan fingerprint density at radius 1 is 1.24 bits per heavy atom. The van der Waals surface area contributed by atoms with Crippen LogP contribution >= 0.6 is 23.2 Å². The predicted molar refractivity (Wildman–Crippen MR) is 114 cm³/mol. The number of anilines is 1. The lowest BCUT2D eigenvalue weighted by Crippen LogP contribution is -2.70. The van der Waals surface area contributed by atoms with Crippen LogP contribution in [0.3, 0.4) is 0 Å². The Morgan fingerprint density at radius 2 is 1.97 bits per heavy atom. The van der Waals surface area contributed by atoms with Gasteiger partial charge >= 0.3 is 0 Å². The fourth-order valence-electron chi connectivity index (χ4n) is 4.57. The van der Waals surface area contributed by atoms with E-state index in [4.69, 9.17) is 23.2 Å². The molecule has 4 rings (SSSR count). The summed E-state index contributed by atoms with van der Waals surface area (Å²) in [6.45, 7) is 4.17. The molecule has 0 radical (unpaired) electrons. The molecule has 7 nitrogen and oxygen atoms in total. The molecular weight excluding hydrogens is 413 g/mol. The van der Waals surface area contributed by atoms with Crippen molar-refractivity contribution in [3.05, 3.63) is 28.2 Å². The molecule has 0 spiro atoms. The highest BCUT2D eigenvalue weighted by molar-refractivity contribution is 6.42. The fourth-order valence-corrected chi connectivity index (χ4v) is 4.86. The second-order valence-corrected chi connectivity index (χ2v) is 8.94. The molecule has 1 aromatic rings. The largest absolute Gasteiger partial charge is 0.325 e. The van der Waals surface area contributed by atoms with E-state index in [-0.39, 0.29) is 36.4 Å². The van der Waals surface area contributed by atoms with Gasteiger partial charge in [0.25, 0.3) is 5.91 Å². The number of nitrogens with one attached hydrogen (secondary N) is 2. The lowest BCUT2D eigenvalue weighted by Gasteiger charge is -2.51. The minimum absolute atomic E-state index is 0.00325. The van der Waals surface area contributed by atoms with Crippen LogP contribution in [0, 0.1) is 5.92 Å². The average molecular weight is 438 g/mol. The van der Waals surface area contributed by atoms with Gasteiger partial charge in [0, 0.05) is 11.6 Å². The number of carbonyl (C=O) groups excluding carboxylic acids is 2. The quantitative estimate of drug-likeness (QED) is 0.757. The fraction of sp³-hybridized carbons (Fsp3) is 0.550. The molecule has 1 saturated heterocycles. The van der Waals surface area contributed by atoms with Crippen molar-refractivity contribution in [1.82, 2.24) is 15.2 Å². The summed E-state index contributed by atoms with van der Waals surface area (Å²) in [7, 11) is 0. The summed E-state index contributed by atoms with van der Waals surface area (Å²) >= 11 is 12.0. The highest BCUT2D eigenvalue weighted by atomic mass is 35.5. The summed E-state index contributed by atoms with van der Waals surface area (Å²) in [5.74, 6) is 0.807. The normalized spacial score (nSPS) is 26.0. The van der Waals surface area contributed by atoms with E-state index < -0.39 is 6.17 Å². The molecule has 1 saturated carbocycles. The standard InChI is InChI=1S/C20H25Cl2N5O2/c1-11(2)18-24-25-19-20(29)26(15-5-3-4-6-16(15)27(18)19)10-17(28)23-12-7-8-13(21)14(22)9-12/h7-9,11,15-16,19,25H,3-6,10H2,1-2H3,(H,23,28). The van der Waals surface area contributed by atoms with Crippen molar-refractivity contribution in [2.24, 2.45) is 11.0 Å². The van der Waals surface area contributed by atoms with Crippen molar-refractivity contribution in [2.75, 3.05) is 11.9 Å². The highest BCUT2D eigenvalue weighted by Crippen LogP contribution is 2.35. The van der Waals surface area contributed by atoms with Crippen LogP contribution < -0.4 is 10.7 Å². The second-order valence-electron chi connectivity index (χ2n) is 8.13. The van der Waals surface area contributed by atoms with Crippen LogP contribution in [-0.4, -0.2) is 52.2 Å². The first-order valence-electron chi connectivity index (χ1n) is 10.0. The molecule has 29 heavy (non-hydrogen) atoms. The third-order valence-corrected chi connectivity index (χ3v) is 6.59. The maximum absolute atomic E-state index is 13.2. The molecule has 1 aromatic carbocycles. The number of piperazine rings is 1. The summed E-state index contributed by atoms with van der Waals surface area (Å²) in [6, 6.07) is 5.12. The van der Waals surface area contributed by atoms with E-state index in [1.54, 1.807) is 23.1 Å². The van der Waals surface area contributed by atoms with Gasteiger partial charge in [-0.2, -0.15) is 5.10 Å². The van der Waals surface area contributed by atoms with E-state index in [1.165, 1.54) is 0 Å². The van der Waals surface area contributed by atoms with E-state index in [1.807, 2.05) is 0 Å². The Morgan fingerprint density at radius 3 is 2.66 bits per heavy atom. The van der Waals surface area contributed by atoms with Gasteiger partial charge in [-0.05, 0) is 31.0 Å². The van der Waals surface area contributed by atoms with E-state index in [2.05, 4.69) is 34.6 Å². The number of hydrogen-bond donors (Lipinski definition) is 2. The Balaban J connectivity index is 1.52. The number of amidine groups is 1. The van der Waals surface area contributed by atoms with E-state index >= 15 is 0 Å². The Bertz CT molecular complexity index is 859. The van der Waals surface area contributed by atoms with Gasteiger partial charge in [-0.3, -0.25) is 15.0 Å². The average Bonchev–Trinajstić information content (AvgIpc) is 3.14. The van der Waals surface area contributed by atoms with Crippen molar-refractivity contribution >= 4 is 46.5 Å². The predicted octanol–water partition coefficient (Wildman–Crippen LogP) is 3.29. The summed E-state index contributed by atoms with van der Waals surface area (Å²) in [6.07, 6.45) is 3.54. The van der Waals surface area contributed by atoms with Crippen LogP contribution in [0.5, 0.6) is 0 Å². The highest BCUT2D eigenvalue weighted by Gasteiger charge is 2.51. The topological polar surface area (TPSA) is 77.0 Å². The van der Waals surface area contributed by atoms with Crippen LogP contribution in [0.1, 0.15) is 39.5 Å². The number of nitrogens with zero attached hydrogens (tertiary/aromatic N) is 3. The number of amides is 2. The zero-order valence-electron chi connectivity index (χ0n) is 16.5. The molecule has 2 heterocycles. The van der Waals surface area contributed by atoms with Gasteiger partial charge < -0.3 is 15.1 Å². The lowest BCUT2D eigenvalue weighted by atomic mass is 9.85. The van der Waals surface area contributed by atoms with Crippen molar-refractivity contribution in [2.45, 2.75) is 57.8 Å². The van der Waals surface area contributed by atoms with Gasteiger partial charge in [0.15, 0.2) is 6.17 Å². The SMILES string of the molecule is CC(C)C1=NNC2C(=O)N(CC(=O)Nc3ccc(Cl)c(Cl)c3)C3CCCCC3N12. The number of fused-ring (bicyclic) bond motifs is 3. The van der Waals surface area contributed by atoms with Crippen molar-refractivity contribution in [3.8, 4) is 0 Å². The number of benzene rings is 1. The Hall–Kier alpha value is -1.99. The van der Waals surface area contributed by atoms with E-state index in [0.717, 1.165) is 31.5 Å². The first-order valence-corrected chi connectivity index (χ1v) is 10.8. The molecule has 2 amide bonds. The molecule has 2 fully saturated rings. The zero-order valence-corrected chi connectivity index (χ0v) is 18.0. The van der Waals surface area contributed by atoms with Crippen molar-refractivity contribution in [3.63, 3.8) is 0 Å². The van der Waals surface area contributed by atoms with Gasteiger partial charge in [-0.15, -0.1) is 0 Å². The first kappa shape index (κ1) is 20.3. The minimum atomic E-state index is -0.524. The second kappa shape index (κ2) is 8.03. The number of hydrogen-bond acceptors (Lipinski definition) is 5. The first-order chi connectivity index (χ1) is 13.9. The third kappa shape index (κ3) is 3.78. The number of carbonyl (C=O) groups is 2. The molecule has 1 aliphatic carbocycles. The molecule has 156 valence electrons. The Kier molecular flexibility index (Phi) is 5.62. The molecule has 0 aromatic heterocycles. The van der Waals surface area contributed by atoms with Crippen LogP contribution in [0.2, 0.25) is 10.0 Å². The Labute approximate surface area is 180 Å². The van der Waals surface area contributed by atoms with Crippen molar-refractivity contribution < 1.29 is 9.59 Å². The molecule has 2 N–H and O–H groups in total. The van der Waals surface area contributed by atoms with Crippen molar-refractivity contribution in [1.29, 1.82) is 0 Å².